The van der Waals surface area contributed by atoms with E-state index in [4.69, 9.17) is 23.2 Å². The van der Waals surface area contributed by atoms with Crippen molar-refractivity contribution in [2.75, 3.05) is 13.1 Å². The number of nitrogens with zero attached hydrogens (tertiary/aromatic N) is 2. The van der Waals surface area contributed by atoms with Crippen LogP contribution in [0.15, 0.2) is 48.7 Å². The lowest BCUT2D eigenvalue weighted by Crippen LogP contribution is -2.45. The molecule has 178 valence electrons. The summed E-state index contributed by atoms with van der Waals surface area (Å²) in [6.07, 6.45) is 3.64. The summed E-state index contributed by atoms with van der Waals surface area (Å²) in [6.45, 7) is 5.82. The number of hydrogen-bond donors (Lipinski definition) is 2. The number of amides is 1. The molecular formula is C24H28Cl2F2N4O. The van der Waals surface area contributed by atoms with Gasteiger partial charge in [-0.25, -0.2) is 8.78 Å². The first-order chi connectivity index (χ1) is 15.9. The van der Waals surface area contributed by atoms with E-state index in [2.05, 4.69) is 15.7 Å². The molecule has 2 heterocycles. The molecular weight excluding hydrogens is 469 g/mol. The summed E-state index contributed by atoms with van der Waals surface area (Å²) in [5, 5.41) is 11.4. The fraction of sp³-hybridized carbons (Fsp3) is 0.333. The van der Waals surface area contributed by atoms with E-state index in [0.29, 0.717) is 15.6 Å². The Morgan fingerprint density at radius 2 is 1.79 bits per heavy atom. The molecule has 0 spiro atoms. The van der Waals surface area contributed by atoms with E-state index in [1.54, 1.807) is 36.1 Å². The summed E-state index contributed by atoms with van der Waals surface area (Å²) < 4.78 is 25.6. The van der Waals surface area contributed by atoms with Crippen LogP contribution in [0.5, 0.6) is 0 Å². The van der Waals surface area contributed by atoms with Crippen LogP contribution in [0.4, 0.5) is 8.78 Å². The Morgan fingerprint density at radius 3 is 2.27 bits per heavy atom. The zero-order chi connectivity index (χ0) is 24.4. The van der Waals surface area contributed by atoms with E-state index in [1.165, 1.54) is 12.1 Å². The normalized spacial score (nSPS) is 14.9. The van der Waals surface area contributed by atoms with Crippen LogP contribution in [0.2, 0.25) is 10.0 Å². The smallest absolute Gasteiger partial charge is 0.251 e. The maximum absolute atomic E-state index is 12.4. The van der Waals surface area contributed by atoms with Crippen LogP contribution in [0.1, 0.15) is 37.0 Å². The molecule has 2 N–H and O–H groups in total. The SMILES string of the molecule is CC.Cn1ncc(Cl)c1-c1ccc(C(=O)NC2CCCNC2)cc1Cl.Fc1ccccc1F. The Bertz CT molecular complexity index is 1010. The van der Waals surface area contributed by atoms with Crippen molar-refractivity contribution in [2.24, 2.45) is 7.05 Å². The average Bonchev–Trinajstić information content (AvgIpc) is 3.16. The van der Waals surface area contributed by atoms with Gasteiger partial charge in [-0.2, -0.15) is 5.10 Å². The van der Waals surface area contributed by atoms with Crippen LogP contribution in [0.3, 0.4) is 0 Å². The van der Waals surface area contributed by atoms with E-state index < -0.39 is 11.6 Å². The third kappa shape index (κ3) is 7.52. The van der Waals surface area contributed by atoms with Gasteiger partial charge in [0.1, 0.15) is 0 Å². The fourth-order valence-electron chi connectivity index (χ4n) is 3.25. The highest BCUT2D eigenvalue weighted by atomic mass is 35.5. The molecule has 1 aliphatic heterocycles. The highest BCUT2D eigenvalue weighted by molar-refractivity contribution is 6.36. The first-order valence-electron chi connectivity index (χ1n) is 10.8. The van der Waals surface area contributed by atoms with Gasteiger partial charge in [0.15, 0.2) is 11.6 Å². The molecule has 1 amide bonds. The molecule has 3 aromatic rings. The summed E-state index contributed by atoms with van der Waals surface area (Å²) in [7, 11) is 1.80. The third-order valence-electron chi connectivity index (χ3n) is 4.84. The van der Waals surface area contributed by atoms with Crippen LogP contribution in [-0.2, 0) is 7.05 Å². The largest absolute Gasteiger partial charge is 0.348 e. The van der Waals surface area contributed by atoms with Gasteiger partial charge in [-0.05, 0) is 43.7 Å². The third-order valence-corrected chi connectivity index (χ3v) is 5.43. The number of hydrogen-bond acceptors (Lipinski definition) is 3. The van der Waals surface area contributed by atoms with E-state index in [1.807, 2.05) is 13.8 Å². The summed E-state index contributed by atoms with van der Waals surface area (Å²) >= 11 is 12.5. The minimum absolute atomic E-state index is 0.108. The van der Waals surface area contributed by atoms with Gasteiger partial charge in [-0.3, -0.25) is 9.48 Å². The van der Waals surface area contributed by atoms with Crippen molar-refractivity contribution in [3.05, 3.63) is 75.9 Å². The minimum atomic E-state index is -0.799. The molecule has 0 radical (unpaired) electrons. The van der Waals surface area contributed by atoms with Crippen LogP contribution >= 0.6 is 23.2 Å². The Hall–Kier alpha value is -2.48. The molecule has 0 bridgehead atoms. The van der Waals surface area contributed by atoms with E-state index >= 15 is 0 Å². The molecule has 9 heteroatoms. The van der Waals surface area contributed by atoms with Gasteiger partial charge in [-0.1, -0.05) is 55.2 Å². The lowest BCUT2D eigenvalue weighted by Gasteiger charge is -2.23. The molecule has 4 rings (SSSR count). The van der Waals surface area contributed by atoms with Crippen molar-refractivity contribution in [3.8, 4) is 11.3 Å². The summed E-state index contributed by atoms with van der Waals surface area (Å²) in [6, 6.07) is 10.4. The number of benzene rings is 2. The first kappa shape index (κ1) is 26.8. The zero-order valence-corrected chi connectivity index (χ0v) is 20.4. The summed E-state index contributed by atoms with van der Waals surface area (Å²) in [5.41, 5.74) is 2.04. The monoisotopic (exact) mass is 496 g/mol. The minimum Gasteiger partial charge on any atom is -0.348 e. The van der Waals surface area contributed by atoms with Gasteiger partial charge in [0, 0.05) is 30.8 Å². The number of aromatic nitrogens is 2. The lowest BCUT2D eigenvalue weighted by molar-refractivity contribution is 0.0930. The van der Waals surface area contributed by atoms with E-state index in [-0.39, 0.29) is 11.9 Å². The molecule has 5 nitrogen and oxygen atoms in total. The molecule has 1 atom stereocenters. The van der Waals surface area contributed by atoms with Gasteiger partial charge in [-0.15, -0.1) is 0 Å². The molecule has 2 aromatic carbocycles. The maximum atomic E-state index is 12.4. The van der Waals surface area contributed by atoms with Gasteiger partial charge in [0.2, 0.25) is 0 Å². The summed E-state index contributed by atoms with van der Waals surface area (Å²) in [5.74, 6) is -1.71. The van der Waals surface area contributed by atoms with Crippen LogP contribution in [-0.4, -0.2) is 34.8 Å². The van der Waals surface area contributed by atoms with Crippen LogP contribution in [0.25, 0.3) is 11.3 Å². The molecule has 1 aliphatic rings. The Balaban J connectivity index is 0.000000323. The molecule has 1 saturated heterocycles. The molecule has 1 aromatic heterocycles. The fourth-order valence-corrected chi connectivity index (χ4v) is 3.78. The quantitative estimate of drug-likeness (QED) is 0.476. The molecule has 33 heavy (non-hydrogen) atoms. The lowest BCUT2D eigenvalue weighted by atomic mass is 10.1. The highest BCUT2D eigenvalue weighted by Gasteiger charge is 2.18. The maximum Gasteiger partial charge on any atom is 0.251 e. The number of halogens is 4. The van der Waals surface area contributed by atoms with Crippen LogP contribution in [0, 0.1) is 11.6 Å². The second-order valence-corrected chi connectivity index (χ2v) is 7.90. The second kappa shape index (κ2) is 13.3. The van der Waals surface area contributed by atoms with E-state index in [9.17, 15) is 13.6 Å². The topological polar surface area (TPSA) is 59.0 Å². The van der Waals surface area contributed by atoms with Gasteiger partial charge < -0.3 is 10.6 Å². The summed E-state index contributed by atoms with van der Waals surface area (Å²) in [4.78, 5) is 12.4. The number of piperidine rings is 1. The van der Waals surface area contributed by atoms with Crippen LogP contribution < -0.4 is 10.6 Å². The Morgan fingerprint density at radius 1 is 1.12 bits per heavy atom. The predicted octanol–water partition coefficient (Wildman–Crippen LogP) is 5.87. The second-order valence-electron chi connectivity index (χ2n) is 7.09. The van der Waals surface area contributed by atoms with Crippen molar-refractivity contribution in [3.63, 3.8) is 0 Å². The zero-order valence-electron chi connectivity index (χ0n) is 18.8. The number of rotatable bonds is 3. The average molecular weight is 497 g/mol. The van der Waals surface area contributed by atoms with Crippen molar-refractivity contribution in [1.29, 1.82) is 0 Å². The van der Waals surface area contributed by atoms with Crippen molar-refractivity contribution < 1.29 is 13.6 Å². The Labute approximate surface area is 203 Å². The highest BCUT2D eigenvalue weighted by Crippen LogP contribution is 2.33. The Kier molecular flexibility index (Phi) is 10.8. The predicted molar refractivity (Wildman–Crippen MR) is 130 cm³/mol. The number of nitrogens with one attached hydrogen (secondary N) is 2. The van der Waals surface area contributed by atoms with Gasteiger partial charge in [0.05, 0.1) is 21.9 Å². The van der Waals surface area contributed by atoms with E-state index in [0.717, 1.165) is 49.3 Å². The standard InChI is InChI=1S/C16H18Cl2N4O.C6H4F2.C2H6/c1-22-15(14(18)9-20-22)12-5-4-10(7-13(12)17)16(23)21-11-3-2-6-19-8-11;7-5-3-1-2-4-6(5)8;1-2/h4-5,7,9,11,19H,2-3,6,8H2,1H3,(H,21,23);1-4H;1-2H3. The van der Waals surface area contributed by atoms with Gasteiger partial charge in [0.25, 0.3) is 5.91 Å². The van der Waals surface area contributed by atoms with Crippen molar-refractivity contribution in [1.82, 2.24) is 20.4 Å². The van der Waals surface area contributed by atoms with Gasteiger partial charge >= 0.3 is 0 Å². The van der Waals surface area contributed by atoms with Crippen molar-refractivity contribution in [2.45, 2.75) is 32.7 Å². The first-order valence-corrected chi connectivity index (χ1v) is 11.5. The molecule has 1 unspecified atom stereocenters. The number of carbonyl (C=O) groups is 1. The number of aryl methyl sites for hydroxylation is 1. The van der Waals surface area contributed by atoms with Crippen molar-refractivity contribution >= 4 is 29.1 Å². The molecule has 0 saturated carbocycles. The number of carbonyl (C=O) groups excluding carboxylic acids is 1. The molecule has 0 aliphatic carbocycles. The molecule has 1 fully saturated rings.